The summed E-state index contributed by atoms with van der Waals surface area (Å²) < 4.78 is 5.91. The van der Waals surface area contributed by atoms with Crippen molar-refractivity contribution >= 4 is 23.2 Å². The van der Waals surface area contributed by atoms with E-state index in [9.17, 15) is 9.59 Å². The molecule has 1 saturated heterocycles. The third-order valence-corrected chi connectivity index (χ3v) is 6.13. The fraction of sp³-hybridized carbons (Fsp3) is 0.259. The van der Waals surface area contributed by atoms with Crippen LogP contribution in [0.4, 0.5) is 11.4 Å². The molecule has 164 valence electrons. The zero-order valence-electron chi connectivity index (χ0n) is 18.9. The Hall–Kier alpha value is -3.60. The largest absolute Gasteiger partial charge is 0.457 e. The van der Waals surface area contributed by atoms with Crippen molar-refractivity contribution < 1.29 is 14.3 Å². The van der Waals surface area contributed by atoms with Gasteiger partial charge in [-0.1, -0.05) is 12.1 Å². The van der Waals surface area contributed by atoms with Crippen LogP contribution in [0.5, 0.6) is 11.5 Å². The van der Waals surface area contributed by atoms with E-state index < -0.39 is 0 Å². The Morgan fingerprint density at radius 3 is 2.12 bits per heavy atom. The van der Waals surface area contributed by atoms with E-state index >= 15 is 0 Å². The summed E-state index contributed by atoms with van der Waals surface area (Å²) in [5.41, 5.74) is 6.23. The SMILES string of the molecule is Cc1ccc(Oc2ccc(NC(=O)[C@H]3CC(=O)N(c4ccc(C)c(C)c4)C3)cc2)cc1C. The van der Waals surface area contributed by atoms with Gasteiger partial charge in [0.15, 0.2) is 0 Å². The molecule has 4 rings (SSSR count). The second-order valence-corrected chi connectivity index (χ2v) is 8.54. The molecule has 3 aromatic rings. The van der Waals surface area contributed by atoms with Gasteiger partial charge < -0.3 is 15.0 Å². The highest BCUT2D eigenvalue weighted by molar-refractivity contribution is 6.03. The van der Waals surface area contributed by atoms with E-state index in [1.807, 2.05) is 74.5 Å². The lowest BCUT2D eigenvalue weighted by Gasteiger charge is -2.18. The standard InChI is InChI=1S/C27H28N2O3/c1-17-5-9-23(13-19(17)3)29-16-21(15-26(29)30)27(31)28-22-7-11-24(12-8-22)32-25-10-6-18(2)20(4)14-25/h5-14,21H,15-16H2,1-4H3,(H,28,31)/t21-/m0/s1. The Kier molecular flexibility index (Phi) is 5.99. The number of hydrogen-bond acceptors (Lipinski definition) is 3. The third-order valence-electron chi connectivity index (χ3n) is 6.13. The minimum Gasteiger partial charge on any atom is -0.457 e. The van der Waals surface area contributed by atoms with E-state index in [0.29, 0.717) is 18.0 Å². The van der Waals surface area contributed by atoms with Crippen molar-refractivity contribution in [3.8, 4) is 11.5 Å². The van der Waals surface area contributed by atoms with Crippen LogP contribution < -0.4 is 15.0 Å². The van der Waals surface area contributed by atoms with Crippen LogP contribution in [0.25, 0.3) is 0 Å². The monoisotopic (exact) mass is 428 g/mol. The van der Waals surface area contributed by atoms with Crippen LogP contribution in [0.15, 0.2) is 60.7 Å². The van der Waals surface area contributed by atoms with Gasteiger partial charge in [-0.25, -0.2) is 0 Å². The summed E-state index contributed by atoms with van der Waals surface area (Å²) in [5, 5.41) is 2.93. The Morgan fingerprint density at radius 2 is 1.47 bits per heavy atom. The Labute approximate surface area is 189 Å². The van der Waals surface area contributed by atoms with Crippen molar-refractivity contribution in [3.63, 3.8) is 0 Å². The number of rotatable bonds is 5. The van der Waals surface area contributed by atoms with Crippen LogP contribution in [-0.4, -0.2) is 18.4 Å². The summed E-state index contributed by atoms with van der Waals surface area (Å²) in [6, 6.07) is 19.2. The number of amides is 2. The van der Waals surface area contributed by atoms with E-state index in [2.05, 4.69) is 19.2 Å². The van der Waals surface area contributed by atoms with Gasteiger partial charge >= 0.3 is 0 Å². The topological polar surface area (TPSA) is 58.6 Å². The lowest BCUT2D eigenvalue weighted by Crippen LogP contribution is -2.28. The number of anilines is 2. The van der Waals surface area contributed by atoms with Crippen molar-refractivity contribution in [1.82, 2.24) is 0 Å². The number of ether oxygens (including phenoxy) is 1. The minimum atomic E-state index is -0.379. The van der Waals surface area contributed by atoms with Crippen molar-refractivity contribution in [3.05, 3.63) is 82.9 Å². The van der Waals surface area contributed by atoms with Crippen molar-refractivity contribution in [2.24, 2.45) is 5.92 Å². The maximum atomic E-state index is 12.8. The van der Waals surface area contributed by atoms with Gasteiger partial charge in [-0.2, -0.15) is 0 Å². The fourth-order valence-corrected chi connectivity index (χ4v) is 3.79. The van der Waals surface area contributed by atoms with E-state index in [0.717, 1.165) is 17.0 Å². The molecule has 1 heterocycles. The molecule has 1 atom stereocenters. The quantitative estimate of drug-likeness (QED) is 0.567. The van der Waals surface area contributed by atoms with Gasteiger partial charge in [0.25, 0.3) is 0 Å². The molecular formula is C27H28N2O3. The van der Waals surface area contributed by atoms with Gasteiger partial charge in [-0.05, 0) is 98.5 Å². The Balaban J connectivity index is 1.38. The minimum absolute atomic E-state index is 0.0226. The predicted octanol–water partition coefficient (Wildman–Crippen LogP) is 5.70. The fourth-order valence-electron chi connectivity index (χ4n) is 3.79. The molecule has 0 unspecified atom stereocenters. The van der Waals surface area contributed by atoms with E-state index in [1.54, 1.807) is 4.90 Å². The first-order valence-electron chi connectivity index (χ1n) is 10.8. The number of nitrogens with zero attached hydrogens (tertiary/aromatic N) is 1. The third kappa shape index (κ3) is 4.67. The Bertz CT molecular complexity index is 1170. The molecule has 0 aliphatic carbocycles. The van der Waals surface area contributed by atoms with Gasteiger partial charge in [0.1, 0.15) is 11.5 Å². The molecule has 0 bridgehead atoms. The van der Waals surface area contributed by atoms with E-state index in [-0.39, 0.29) is 24.2 Å². The summed E-state index contributed by atoms with van der Waals surface area (Å²) in [6.45, 7) is 8.57. The molecule has 1 aliphatic heterocycles. The highest BCUT2D eigenvalue weighted by Gasteiger charge is 2.35. The summed E-state index contributed by atoms with van der Waals surface area (Å²) in [5.74, 6) is 0.928. The molecule has 1 aliphatic rings. The lowest BCUT2D eigenvalue weighted by atomic mass is 10.1. The molecule has 0 radical (unpaired) electrons. The molecule has 1 N–H and O–H groups in total. The summed E-state index contributed by atoms with van der Waals surface area (Å²) in [7, 11) is 0. The van der Waals surface area contributed by atoms with Crippen LogP contribution in [0.3, 0.4) is 0 Å². The summed E-state index contributed by atoms with van der Waals surface area (Å²) in [4.78, 5) is 27.0. The molecular weight excluding hydrogens is 400 g/mol. The molecule has 0 aromatic heterocycles. The molecule has 0 spiro atoms. The molecule has 1 fully saturated rings. The molecule has 3 aromatic carbocycles. The molecule has 5 nitrogen and oxygen atoms in total. The second kappa shape index (κ2) is 8.87. The van der Waals surface area contributed by atoms with E-state index in [4.69, 9.17) is 4.74 Å². The number of hydrogen-bond donors (Lipinski definition) is 1. The highest BCUT2D eigenvalue weighted by atomic mass is 16.5. The summed E-state index contributed by atoms with van der Waals surface area (Å²) in [6.07, 6.45) is 0.215. The molecule has 2 amide bonds. The van der Waals surface area contributed by atoms with Gasteiger partial charge in [-0.15, -0.1) is 0 Å². The van der Waals surface area contributed by atoms with Crippen LogP contribution in [0.2, 0.25) is 0 Å². The number of carbonyl (C=O) groups is 2. The molecule has 5 heteroatoms. The first kappa shape index (κ1) is 21.6. The van der Waals surface area contributed by atoms with Crippen LogP contribution >= 0.6 is 0 Å². The smallest absolute Gasteiger partial charge is 0.229 e. The number of carbonyl (C=O) groups excluding carboxylic acids is 2. The number of benzene rings is 3. The predicted molar refractivity (Wildman–Crippen MR) is 127 cm³/mol. The van der Waals surface area contributed by atoms with Crippen molar-refractivity contribution in [2.45, 2.75) is 34.1 Å². The van der Waals surface area contributed by atoms with Gasteiger partial charge in [-0.3, -0.25) is 9.59 Å². The van der Waals surface area contributed by atoms with Gasteiger partial charge in [0.05, 0.1) is 5.92 Å². The van der Waals surface area contributed by atoms with Crippen molar-refractivity contribution in [1.29, 1.82) is 0 Å². The average Bonchev–Trinajstić information content (AvgIpc) is 3.16. The second-order valence-electron chi connectivity index (χ2n) is 8.54. The lowest BCUT2D eigenvalue weighted by molar-refractivity contribution is -0.122. The average molecular weight is 429 g/mol. The zero-order chi connectivity index (χ0) is 22.8. The zero-order valence-corrected chi connectivity index (χ0v) is 18.9. The highest BCUT2D eigenvalue weighted by Crippen LogP contribution is 2.29. The Morgan fingerprint density at radius 1 is 0.844 bits per heavy atom. The van der Waals surface area contributed by atoms with Crippen molar-refractivity contribution in [2.75, 3.05) is 16.8 Å². The molecule has 0 saturated carbocycles. The number of nitrogens with one attached hydrogen (secondary N) is 1. The maximum Gasteiger partial charge on any atom is 0.229 e. The van der Waals surface area contributed by atoms with Crippen LogP contribution in [0.1, 0.15) is 28.7 Å². The van der Waals surface area contributed by atoms with Crippen LogP contribution in [-0.2, 0) is 9.59 Å². The molecule has 32 heavy (non-hydrogen) atoms. The maximum absolute atomic E-state index is 12.8. The first-order valence-corrected chi connectivity index (χ1v) is 10.8. The van der Waals surface area contributed by atoms with Gasteiger partial charge in [0, 0.05) is 24.3 Å². The normalized spacial score (nSPS) is 15.7. The number of aryl methyl sites for hydroxylation is 4. The van der Waals surface area contributed by atoms with E-state index in [1.165, 1.54) is 16.7 Å². The first-order chi connectivity index (χ1) is 15.3. The van der Waals surface area contributed by atoms with Crippen LogP contribution in [0, 0.1) is 33.6 Å². The summed E-state index contributed by atoms with van der Waals surface area (Å²) >= 11 is 0. The van der Waals surface area contributed by atoms with Gasteiger partial charge in [0.2, 0.25) is 11.8 Å².